The molecular weight excluding hydrogens is 356 g/mol. The van der Waals surface area contributed by atoms with Gasteiger partial charge in [-0.1, -0.05) is 24.3 Å². The lowest BCUT2D eigenvalue weighted by Crippen LogP contribution is -2.10. The predicted molar refractivity (Wildman–Crippen MR) is 106 cm³/mol. The maximum Gasteiger partial charge on any atom is 0.336 e. The maximum atomic E-state index is 12.3. The van der Waals surface area contributed by atoms with Gasteiger partial charge in [0.05, 0.1) is 6.42 Å². The van der Waals surface area contributed by atoms with Gasteiger partial charge in [0.2, 0.25) is 0 Å². The molecule has 28 heavy (non-hydrogen) atoms. The van der Waals surface area contributed by atoms with E-state index in [1.54, 1.807) is 12.1 Å². The number of carbonyl (C=O) groups is 2. The summed E-state index contributed by atoms with van der Waals surface area (Å²) in [6, 6.07) is 12.3. The fraction of sp³-hybridized carbons (Fsp3) is 0.261. The standard InChI is InChI=1S/C23H22O5/c1-14-4-7-19-18(12-23(26)28-21(19)10-14)13-27-22(25)9-8-20(24)17-6-5-15(2)16(3)11-17/h4-7,10-12H,8-9,13H2,1-3H3. The highest BCUT2D eigenvalue weighted by molar-refractivity contribution is 5.97. The second-order valence-corrected chi connectivity index (χ2v) is 6.97. The first kappa shape index (κ1) is 19.5. The van der Waals surface area contributed by atoms with Crippen LogP contribution in [0.4, 0.5) is 0 Å². The van der Waals surface area contributed by atoms with Gasteiger partial charge in [-0.15, -0.1) is 0 Å². The number of esters is 1. The average Bonchev–Trinajstić information content (AvgIpc) is 2.65. The first-order valence-electron chi connectivity index (χ1n) is 9.13. The molecule has 0 radical (unpaired) electrons. The molecule has 0 spiro atoms. The smallest absolute Gasteiger partial charge is 0.336 e. The minimum atomic E-state index is -0.492. The Morgan fingerprint density at radius 2 is 1.71 bits per heavy atom. The second-order valence-electron chi connectivity index (χ2n) is 6.97. The molecule has 0 atom stereocenters. The Bertz CT molecular complexity index is 1110. The first-order valence-corrected chi connectivity index (χ1v) is 9.13. The van der Waals surface area contributed by atoms with Gasteiger partial charge in [0.15, 0.2) is 5.78 Å². The van der Waals surface area contributed by atoms with Gasteiger partial charge in [-0.2, -0.15) is 0 Å². The van der Waals surface area contributed by atoms with Crippen molar-refractivity contribution in [1.82, 2.24) is 0 Å². The molecule has 1 aromatic heterocycles. The van der Waals surface area contributed by atoms with Crippen molar-refractivity contribution in [3.8, 4) is 0 Å². The van der Waals surface area contributed by atoms with Crippen LogP contribution in [-0.2, 0) is 16.1 Å². The van der Waals surface area contributed by atoms with Crippen LogP contribution in [0.25, 0.3) is 11.0 Å². The Balaban J connectivity index is 1.61. The zero-order valence-corrected chi connectivity index (χ0v) is 16.2. The largest absolute Gasteiger partial charge is 0.461 e. The topological polar surface area (TPSA) is 73.6 Å². The summed E-state index contributed by atoms with van der Waals surface area (Å²) in [7, 11) is 0. The molecule has 0 fully saturated rings. The quantitative estimate of drug-likeness (QED) is 0.360. The fourth-order valence-electron chi connectivity index (χ4n) is 2.96. The number of aryl methyl sites for hydroxylation is 3. The number of Topliss-reactive ketones (excluding diaryl/α,β-unsaturated/α-hetero) is 1. The van der Waals surface area contributed by atoms with E-state index in [-0.39, 0.29) is 25.2 Å². The first-order chi connectivity index (χ1) is 13.3. The summed E-state index contributed by atoms with van der Waals surface area (Å²) in [5.41, 5.74) is 4.27. The third kappa shape index (κ3) is 4.55. The van der Waals surface area contributed by atoms with Crippen LogP contribution in [0, 0.1) is 20.8 Å². The molecule has 0 N–H and O–H groups in total. The summed E-state index contributed by atoms with van der Waals surface area (Å²) in [6.07, 6.45) is 0.0719. The summed E-state index contributed by atoms with van der Waals surface area (Å²) >= 11 is 0. The molecule has 5 heteroatoms. The van der Waals surface area contributed by atoms with E-state index in [4.69, 9.17) is 9.15 Å². The molecule has 0 saturated carbocycles. The van der Waals surface area contributed by atoms with E-state index < -0.39 is 11.6 Å². The monoisotopic (exact) mass is 378 g/mol. The van der Waals surface area contributed by atoms with Crippen LogP contribution in [0.1, 0.15) is 45.5 Å². The molecule has 144 valence electrons. The normalized spacial score (nSPS) is 10.8. The molecule has 5 nitrogen and oxygen atoms in total. The number of benzene rings is 2. The molecule has 2 aromatic carbocycles. The molecule has 0 saturated heterocycles. The summed E-state index contributed by atoms with van der Waals surface area (Å²) in [5, 5.41) is 0.726. The highest BCUT2D eigenvalue weighted by Gasteiger charge is 2.13. The molecule has 0 aliphatic rings. The van der Waals surface area contributed by atoms with Crippen LogP contribution in [-0.4, -0.2) is 11.8 Å². The lowest BCUT2D eigenvalue weighted by Gasteiger charge is -2.08. The predicted octanol–water partition coefficient (Wildman–Crippen LogP) is 4.42. The molecule has 0 unspecified atom stereocenters. The van der Waals surface area contributed by atoms with Crippen LogP contribution in [0.2, 0.25) is 0 Å². The van der Waals surface area contributed by atoms with Crippen molar-refractivity contribution in [2.24, 2.45) is 0 Å². The lowest BCUT2D eigenvalue weighted by atomic mass is 10.0. The van der Waals surface area contributed by atoms with Gasteiger partial charge >= 0.3 is 11.6 Å². The van der Waals surface area contributed by atoms with Gasteiger partial charge in [-0.3, -0.25) is 9.59 Å². The summed E-state index contributed by atoms with van der Waals surface area (Å²) < 4.78 is 10.5. The Hall–Kier alpha value is -3.21. The second kappa shape index (κ2) is 8.21. The van der Waals surface area contributed by atoms with E-state index in [1.807, 2.05) is 45.0 Å². The minimum Gasteiger partial charge on any atom is -0.461 e. The number of carbonyl (C=O) groups excluding carboxylic acids is 2. The van der Waals surface area contributed by atoms with Crippen molar-refractivity contribution in [3.63, 3.8) is 0 Å². The van der Waals surface area contributed by atoms with E-state index >= 15 is 0 Å². The van der Waals surface area contributed by atoms with Crippen LogP contribution < -0.4 is 5.63 Å². The van der Waals surface area contributed by atoms with Crippen molar-refractivity contribution in [1.29, 1.82) is 0 Å². The molecule has 3 aromatic rings. The van der Waals surface area contributed by atoms with Gasteiger partial charge in [-0.05, 0) is 49.6 Å². The number of hydrogen-bond donors (Lipinski definition) is 0. The highest BCUT2D eigenvalue weighted by Crippen LogP contribution is 2.19. The molecule has 0 amide bonds. The zero-order chi connectivity index (χ0) is 20.3. The summed E-state index contributed by atoms with van der Waals surface area (Å²) in [4.78, 5) is 36.1. The number of ketones is 1. The zero-order valence-electron chi connectivity index (χ0n) is 16.2. The van der Waals surface area contributed by atoms with Crippen LogP contribution in [0.5, 0.6) is 0 Å². The summed E-state index contributed by atoms with van der Waals surface area (Å²) in [6.45, 7) is 5.79. The van der Waals surface area contributed by atoms with E-state index in [0.717, 1.165) is 22.1 Å². The summed E-state index contributed by atoms with van der Waals surface area (Å²) in [5.74, 6) is -0.577. The van der Waals surface area contributed by atoms with Crippen molar-refractivity contribution in [3.05, 3.63) is 80.7 Å². The molecule has 0 bridgehead atoms. The third-order valence-electron chi connectivity index (χ3n) is 4.76. The van der Waals surface area contributed by atoms with E-state index in [1.165, 1.54) is 6.07 Å². The van der Waals surface area contributed by atoms with Gasteiger partial charge in [0.1, 0.15) is 12.2 Å². The average molecular weight is 378 g/mol. The van der Waals surface area contributed by atoms with Crippen molar-refractivity contribution in [2.45, 2.75) is 40.2 Å². The lowest BCUT2D eigenvalue weighted by molar-refractivity contribution is -0.144. The van der Waals surface area contributed by atoms with Gasteiger partial charge in [-0.25, -0.2) is 4.79 Å². The molecular formula is C23H22O5. The third-order valence-corrected chi connectivity index (χ3v) is 4.76. The SMILES string of the molecule is Cc1ccc2c(COC(=O)CCC(=O)c3ccc(C)c(C)c3)cc(=O)oc2c1. The Labute approximate surface area is 162 Å². The van der Waals surface area contributed by atoms with E-state index in [9.17, 15) is 14.4 Å². The number of hydrogen-bond acceptors (Lipinski definition) is 5. The van der Waals surface area contributed by atoms with Crippen molar-refractivity contribution < 1.29 is 18.7 Å². The van der Waals surface area contributed by atoms with Crippen LogP contribution >= 0.6 is 0 Å². The number of rotatable bonds is 6. The van der Waals surface area contributed by atoms with E-state index in [0.29, 0.717) is 16.7 Å². The Kier molecular flexibility index (Phi) is 5.73. The highest BCUT2D eigenvalue weighted by atomic mass is 16.5. The molecule has 0 aliphatic heterocycles. The Morgan fingerprint density at radius 3 is 2.46 bits per heavy atom. The molecule has 3 rings (SSSR count). The molecule has 0 aliphatic carbocycles. The van der Waals surface area contributed by atoms with Gasteiger partial charge in [0, 0.05) is 29.0 Å². The molecule has 1 heterocycles. The van der Waals surface area contributed by atoms with Crippen molar-refractivity contribution >= 4 is 22.7 Å². The van der Waals surface area contributed by atoms with Crippen LogP contribution in [0.15, 0.2) is 51.7 Å². The van der Waals surface area contributed by atoms with E-state index in [2.05, 4.69) is 0 Å². The fourth-order valence-corrected chi connectivity index (χ4v) is 2.96. The van der Waals surface area contributed by atoms with Gasteiger partial charge in [0.25, 0.3) is 0 Å². The van der Waals surface area contributed by atoms with Gasteiger partial charge < -0.3 is 9.15 Å². The number of fused-ring (bicyclic) bond motifs is 1. The minimum absolute atomic E-state index is 0.00968. The number of ether oxygens (including phenoxy) is 1. The van der Waals surface area contributed by atoms with Crippen molar-refractivity contribution in [2.75, 3.05) is 0 Å². The Morgan fingerprint density at radius 1 is 0.929 bits per heavy atom. The van der Waals surface area contributed by atoms with Crippen LogP contribution in [0.3, 0.4) is 0 Å². The maximum absolute atomic E-state index is 12.3.